The number of aryl methyl sites for hydroxylation is 1. The number of benzene rings is 1. The summed E-state index contributed by atoms with van der Waals surface area (Å²) in [4.78, 5) is 2.45. The van der Waals surface area contributed by atoms with Crippen LogP contribution in [0.1, 0.15) is 5.56 Å². The molecule has 0 unspecified atom stereocenters. The van der Waals surface area contributed by atoms with E-state index < -0.39 is 10.0 Å². The minimum atomic E-state index is -3.65. The van der Waals surface area contributed by atoms with Crippen molar-refractivity contribution in [3.63, 3.8) is 0 Å². The lowest BCUT2D eigenvalue weighted by Crippen LogP contribution is -2.54. The van der Waals surface area contributed by atoms with Crippen LogP contribution >= 0.6 is 0 Å². The van der Waals surface area contributed by atoms with Crippen molar-refractivity contribution in [2.75, 3.05) is 38.5 Å². The average Bonchev–Trinajstić information content (AvgIpc) is 2.42. The Morgan fingerprint density at radius 3 is 2.67 bits per heavy atom. The highest BCUT2D eigenvalue weighted by Crippen LogP contribution is 2.27. The Bertz CT molecular complexity index is 678. The van der Waals surface area contributed by atoms with E-state index in [1.807, 2.05) is 18.0 Å². The van der Waals surface area contributed by atoms with E-state index in [4.69, 9.17) is 0 Å². The molecular weight excluding hydrogens is 290 g/mol. The molecule has 8 heteroatoms. The Kier molecular flexibility index (Phi) is 3.60. The van der Waals surface area contributed by atoms with Crippen LogP contribution in [0.3, 0.4) is 0 Å². The molecule has 2 heterocycles. The molecule has 1 saturated heterocycles. The number of hydrazine groups is 1. The third kappa shape index (κ3) is 3.02. The van der Waals surface area contributed by atoms with Crippen molar-refractivity contribution in [1.29, 1.82) is 0 Å². The molecule has 2 aliphatic heterocycles. The first-order valence-electron chi connectivity index (χ1n) is 6.87. The quantitative estimate of drug-likeness (QED) is 0.773. The summed E-state index contributed by atoms with van der Waals surface area (Å²) in [7, 11) is -1.58. The molecule has 2 N–H and O–H groups in total. The number of piperazine rings is 1. The standard InChI is InChI=1S/C13H19N5O2S/c1-10-3-4-11-12(9-10)21(19,20)16-13(14-11)15-18-7-5-17(2)6-8-18/h3-4,9H,5-8H2,1-2H3,(H2,14,15,16). The van der Waals surface area contributed by atoms with E-state index in [1.165, 1.54) is 0 Å². The molecule has 0 aromatic heterocycles. The first kappa shape index (κ1) is 14.3. The predicted molar refractivity (Wildman–Crippen MR) is 81.6 cm³/mol. The van der Waals surface area contributed by atoms with Gasteiger partial charge >= 0.3 is 0 Å². The second-order valence-electron chi connectivity index (χ2n) is 5.44. The number of nitrogens with one attached hydrogen (secondary N) is 2. The second-order valence-corrected chi connectivity index (χ2v) is 7.01. The molecule has 0 atom stereocenters. The topological polar surface area (TPSA) is 77.0 Å². The highest BCUT2D eigenvalue weighted by Gasteiger charge is 2.26. The van der Waals surface area contributed by atoms with E-state index in [9.17, 15) is 8.42 Å². The van der Waals surface area contributed by atoms with Crippen molar-refractivity contribution in [3.8, 4) is 0 Å². The minimum Gasteiger partial charge on any atom is -0.323 e. The minimum absolute atomic E-state index is 0.228. The Balaban J connectivity index is 1.80. The molecule has 7 nitrogen and oxygen atoms in total. The van der Waals surface area contributed by atoms with Gasteiger partial charge in [0.15, 0.2) is 0 Å². The van der Waals surface area contributed by atoms with Crippen LogP contribution in [-0.4, -0.2) is 57.5 Å². The van der Waals surface area contributed by atoms with Crippen molar-refractivity contribution in [2.24, 2.45) is 4.40 Å². The Morgan fingerprint density at radius 2 is 1.95 bits per heavy atom. The van der Waals surface area contributed by atoms with Gasteiger partial charge in [-0.15, -0.1) is 4.40 Å². The molecule has 21 heavy (non-hydrogen) atoms. The fraction of sp³-hybridized carbons (Fsp3) is 0.462. The molecular formula is C13H19N5O2S. The third-order valence-corrected chi connectivity index (χ3v) is 4.96. The maximum atomic E-state index is 12.2. The van der Waals surface area contributed by atoms with Gasteiger partial charge in [0.2, 0.25) is 5.96 Å². The number of rotatable bonds is 1. The molecule has 3 rings (SSSR count). The third-order valence-electron chi connectivity index (χ3n) is 3.65. The largest absolute Gasteiger partial charge is 0.323 e. The van der Waals surface area contributed by atoms with E-state index >= 15 is 0 Å². The molecule has 0 spiro atoms. The van der Waals surface area contributed by atoms with Crippen molar-refractivity contribution in [1.82, 2.24) is 15.3 Å². The van der Waals surface area contributed by atoms with E-state index in [-0.39, 0.29) is 10.9 Å². The number of hydrogen-bond donors (Lipinski definition) is 2. The Morgan fingerprint density at radius 1 is 1.24 bits per heavy atom. The number of fused-ring (bicyclic) bond motifs is 1. The first-order valence-corrected chi connectivity index (χ1v) is 8.31. The van der Waals surface area contributed by atoms with Crippen LogP contribution in [0.2, 0.25) is 0 Å². The van der Waals surface area contributed by atoms with Gasteiger partial charge in [-0.05, 0) is 31.7 Å². The fourth-order valence-corrected chi connectivity index (χ4v) is 3.54. The zero-order valence-electron chi connectivity index (χ0n) is 12.1. The zero-order valence-corrected chi connectivity index (χ0v) is 12.9. The summed E-state index contributed by atoms with van der Waals surface area (Å²) in [6.45, 7) is 5.36. The molecule has 0 bridgehead atoms. The summed E-state index contributed by atoms with van der Waals surface area (Å²) in [5, 5.41) is 5.02. The van der Waals surface area contributed by atoms with Crippen LogP contribution in [0.5, 0.6) is 0 Å². The first-order chi connectivity index (χ1) is 9.94. The van der Waals surface area contributed by atoms with Crippen LogP contribution in [0.4, 0.5) is 5.69 Å². The number of guanidine groups is 1. The van der Waals surface area contributed by atoms with Crippen molar-refractivity contribution in [3.05, 3.63) is 23.8 Å². The number of hydrogen-bond acceptors (Lipinski definition) is 6. The lowest BCUT2D eigenvalue weighted by molar-refractivity contribution is 0.131. The van der Waals surface area contributed by atoms with Crippen LogP contribution in [0.25, 0.3) is 0 Å². The SMILES string of the molecule is Cc1ccc2c(c1)S(=O)(=O)N=C(NN1CCN(C)CC1)N2. The van der Waals surface area contributed by atoms with Crippen LogP contribution in [-0.2, 0) is 10.0 Å². The highest BCUT2D eigenvalue weighted by molar-refractivity contribution is 7.90. The maximum Gasteiger partial charge on any atom is 0.287 e. The summed E-state index contributed by atoms with van der Waals surface area (Å²) in [6, 6.07) is 5.27. The second kappa shape index (κ2) is 5.28. The lowest BCUT2D eigenvalue weighted by atomic mass is 10.2. The van der Waals surface area contributed by atoms with Crippen molar-refractivity contribution in [2.45, 2.75) is 11.8 Å². The number of sulfonamides is 1. The van der Waals surface area contributed by atoms with E-state index in [0.29, 0.717) is 5.69 Å². The monoisotopic (exact) mass is 309 g/mol. The van der Waals surface area contributed by atoms with Gasteiger partial charge in [0.05, 0.1) is 5.69 Å². The normalized spacial score (nSPS) is 22.1. The number of nitrogens with zero attached hydrogens (tertiary/aromatic N) is 3. The smallest absolute Gasteiger partial charge is 0.287 e. The van der Waals surface area contributed by atoms with E-state index in [1.54, 1.807) is 12.1 Å². The molecule has 114 valence electrons. The van der Waals surface area contributed by atoms with Crippen molar-refractivity contribution >= 4 is 21.7 Å². The molecule has 2 aliphatic rings. The summed E-state index contributed by atoms with van der Waals surface area (Å²) in [5.41, 5.74) is 4.51. The van der Waals surface area contributed by atoms with Gasteiger partial charge in [0, 0.05) is 26.2 Å². The Labute approximate surface area is 124 Å². The van der Waals surface area contributed by atoms with Crippen LogP contribution in [0, 0.1) is 6.92 Å². The summed E-state index contributed by atoms with van der Waals surface area (Å²) in [6.07, 6.45) is 0. The summed E-state index contributed by atoms with van der Waals surface area (Å²) >= 11 is 0. The van der Waals surface area contributed by atoms with E-state index in [2.05, 4.69) is 27.1 Å². The van der Waals surface area contributed by atoms with Gasteiger partial charge in [-0.3, -0.25) is 5.43 Å². The van der Waals surface area contributed by atoms with Crippen LogP contribution in [0.15, 0.2) is 27.5 Å². The number of anilines is 1. The van der Waals surface area contributed by atoms with Crippen molar-refractivity contribution < 1.29 is 8.42 Å². The molecule has 0 saturated carbocycles. The fourth-order valence-electron chi connectivity index (χ4n) is 2.38. The highest BCUT2D eigenvalue weighted by atomic mass is 32.2. The Hall–Kier alpha value is -1.64. The molecule has 1 aromatic rings. The summed E-state index contributed by atoms with van der Waals surface area (Å²) in [5.74, 6) is 0.260. The van der Waals surface area contributed by atoms with Gasteiger partial charge in [-0.25, -0.2) is 5.01 Å². The lowest BCUT2D eigenvalue weighted by Gasteiger charge is -2.33. The molecule has 0 radical (unpaired) electrons. The number of likely N-dealkylation sites (N-methyl/N-ethyl adjacent to an activating group) is 1. The van der Waals surface area contributed by atoms with Gasteiger partial charge < -0.3 is 10.2 Å². The van der Waals surface area contributed by atoms with E-state index in [0.717, 1.165) is 31.7 Å². The molecule has 0 aliphatic carbocycles. The van der Waals surface area contributed by atoms with Crippen LogP contribution < -0.4 is 10.7 Å². The molecule has 0 amide bonds. The van der Waals surface area contributed by atoms with Gasteiger partial charge in [0.1, 0.15) is 4.90 Å². The molecule has 1 aromatic carbocycles. The zero-order chi connectivity index (χ0) is 15.0. The maximum absolute atomic E-state index is 12.2. The van der Waals surface area contributed by atoms with Gasteiger partial charge in [0.25, 0.3) is 10.0 Å². The average molecular weight is 309 g/mol. The predicted octanol–water partition coefficient (Wildman–Crippen LogP) is 0.217. The van der Waals surface area contributed by atoms with Gasteiger partial charge in [-0.1, -0.05) is 6.07 Å². The van der Waals surface area contributed by atoms with Gasteiger partial charge in [-0.2, -0.15) is 8.42 Å². The summed E-state index contributed by atoms with van der Waals surface area (Å²) < 4.78 is 28.3. The molecule has 1 fully saturated rings.